The number of ether oxygens (including phenoxy) is 1. The van der Waals surface area contributed by atoms with E-state index < -0.39 is 18.2 Å². The Morgan fingerprint density at radius 3 is 2.61 bits per heavy atom. The van der Waals surface area contributed by atoms with Gasteiger partial charge in [-0.15, -0.1) is 0 Å². The standard InChI is InChI=1S/C12H17NO5/c1-13-6-9(14)11(15)7-3-4-10(18-2)8(5-7)12(16)17/h3-5,9,11,13-15H,6H2,1-2H3,(H,16,17). The van der Waals surface area contributed by atoms with Gasteiger partial charge in [0.2, 0.25) is 0 Å². The minimum Gasteiger partial charge on any atom is -0.496 e. The first-order chi connectivity index (χ1) is 8.51. The van der Waals surface area contributed by atoms with Gasteiger partial charge >= 0.3 is 5.97 Å². The molecule has 6 nitrogen and oxygen atoms in total. The van der Waals surface area contributed by atoms with Crippen LogP contribution >= 0.6 is 0 Å². The Morgan fingerprint density at radius 2 is 2.11 bits per heavy atom. The van der Waals surface area contributed by atoms with Gasteiger partial charge in [0.1, 0.15) is 17.4 Å². The van der Waals surface area contributed by atoms with E-state index in [0.717, 1.165) is 0 Å². The van der Waals surface area contributed by atoms with Gasteiger partial charge in [-0.25, -0.2) is 4.79 Å². The van der Waals surface area contributed by atoms with Crippen LogP contribution in [0.2, 0.25) is 0 Å². The lowest BCUT2D eigenvalue weighted by Gasteiger charge is -2.18. The molecule has 0 amide bonds. The lowest BCUT2D eigenvalue weighted by Crippen LogP contribution is -2.29. The Kier molecular flexibility index (Phi) is 5.08. The fraction of sp³-hybridized carbons (Fsp3) is 0.417. The fourth-order valence-electron chi connectivity index (χ4n) is 1.62. The van der Waals surface area contributed by atoms with E-state index in [1.165, 1.54) is 25.3 Å². The molecule has 0 fully saturated rings. The summed E-state index contributed by atoms with van der Waals surface area (Å²) in [5, 5.41) is 31.2. The van der Waals surface area contributed by atoms with Crippen molar-refractivity contribution in [3.8, 4) is 5.75 Å². The maximum atomic E-state index is 11.0. The number of aliphatic hydroxyl groups excluding tert-OH is 2. The van der Waals surface area contributed by atoms with Crippen molar-refractivity contribution in [2.45, 2.75) is 12.2 Å². The maximum absolute atomic E-state index is 11.0. The van der Waals surface area contributed by atoms with E-state index in [2.05, 4.69) is 5.32 Å². The van der Waals surface area contributed by atoms with Crippen molar-refractivity contribution >= 4 is 5.97 Å². The van der Waals surface area contributed by atoms with Gasteiger partial charge in [-0.2, -0.15) is 0 Å². The smallest absolute Gasteiger partial charge is 0.339 e. The number of aromatic carboxylic acids is 1. The normalized spacial score (nSPS) is 14.0. The van der Waals surface area contributed by atoms with Gasteiger partial charge in [-0.3, -0.25) is 0 Å². The Bertz CT molecular complexity index is 421. The molecule has 0 aromatic heterocycles. The average Bonchev–Trinajstić information content (AvgIpc) is 2.37. The van der Waals surface area contributed by atoms with E-state index >= 15 is 0 Å². The molecule has 100 valence electrons. The largest absolute Gasteiger partial charge is 0.496 e. The number of methoxy groups -OCH3 is 1. The molecule has 0 saturated carbocycles. The molecule has 1 aromatic carbocycles. The molecular weight excluding hydrogens is 238 g/mol. The predicted octanol–water partition coefficient (Wildman–Crippen LogP) is 0.00710. The van der Waals surface area contributed by atoms with Crippen molar-refractivity contribution < 1.29 is 24.9 Å². The molecule has 0 spiro atoms. The van der Waals surface area contributed by atoms with Crippen LogP contribution in [0.5, 0.6) is 5.75 Å². The van der Waals surface area contributed by atoms with Gasteiger partial charge in [0.15, 0.2) is 0 Å². The van der Waals surface area contributed by atoms with Crippen LogP contribution in [-0.4, -0.2) is 48.1 Å². The van der Waals surface area contributed by atoms with Crippen LogP contribution in [-0.2, 0) is 0 Å². The summed E-state index contributed by atoms with van der Waals surface area (Å²) in [6.07, 6.45) is -2.16. The Balaban J connectivity index is 3.04. The summed E-state index contributed by atoms with van der Waals surface area (Å²) in [5.41, 5.74) is 0.279. The van der Waals surface area contributed by atoms with Gasteiger partial charge in [-0.1, -0.05) is 6.07 Å². The lowest BCUT2D eigenvalue weighted by molar-refractivity contribution is 0.0201. The summed E-state index contributed by atoms with van der Waals surface area (Å²) < 4.78 is 4.91. The van der Waals surface area contributed by atoms with Crippen molar-refractivity contribution in [2.24, 2.45) is 0 Å². The van der Waals surface area contributed by atoms with E-state index in [-0.39, 0.29) is 17.9 Å². The SMILES string of the molecule is CNCC(O)C(O)c1ccc(OC)c(C(=O)O)c1. The quantitative estimate of drug-likeness (QED) is 0.571. The van der Waals surface area contributed by atoms with E-state index in [0.29, 0.717) is 5.56 Å². The van der Waals surface area contributed by atoms with Crippen LogP contribution in [0.3, 0.4) is 0 Å². The number of likely N-dealkylation sites (N-methyl/N-ethyl adjacent to an activating group) is 1. The van der Waals surface area contributed by atoms with Gasteiger partial charge in [0.05, 0.1) is 13.2 Å². The highest BCUT2D eigenvalue weighted by atomic mass is 16.5. The molecule has 0 heterocycles. The van der Waals surface area contributed by atoms with Gasteiger partial charge in [0.25, 0.3) is 0 Å². The zero-order chi connectivity index (χ0) is 13.7. The Hall–Kier alpha value is -1.63. The molecule has 1 aromatic rings. The first-order valence-corrected chi connectivity index (χ1v) is 5.43. The summed E-state index contributed by atoms with van der Waals surface area (Å²) in [4.78, 5) is 11.0. The third kappa shape index (κ3) is 3.19. The van der Waals surface area contributed by atoms with Crippen LogP contribution < -0.4 is 10.1 Å². The van der Waals surface area contributed by atoms with E-state index in [1.54, 1.807) is 7.05 Å². The third-order valence-electron chi connectivity index (χ3n) is 2.57. The van der Waals surface area contributed by atoms with Crippen LogP contribution in [0.1, 0.15) is 22.0 Å². The molecule has 0 aliphatic heterocycles. The average molecular weight is 255 g/mol. The number of aliphatic hydroxyl groups is 2. The lowest BCUT2D eigenvalue weighted by atomic mass is 10.0. The van der Waals surface area contributed by atoms with E-state index in [9.17, 15) is 15.0 Å². The van der Waals surface area contributed by atoms with Crippen molar-refractivity contribution in [1.29, 1.82) is 0 Å². The summed E-state index contributed by atoms with van der Waals surface area (Å²) in [5.74, 6) is -0.939. The van der Waals surface area contributed by atoms with E-state index in [4.69, 9.17) is 9.84 Å². The van der Waals surface area contributed by atoms with Crippen LogP contribution in [0.4, 0.5) is 0 Å². The summed E-state index contributed by atoms with van der Waals surface area (Å²) in [6.45, 7) is 0.204. The molecule has 0 aliphatic rings. The number of hydrogen-bond acceptors (Lipinski definition) is 5. The van der Waals surface area contributed by atoms with Gasteiger partial charge in [0, 0.05) is 6.54 Å². The van der Waals surface area contributed by atoms with Crippen molar-refractivity contribution in [1.82, 2.24) is 5.32 Å². The minimum absolute atomic E-state index is 0.0503. The Morgan fingerprint density at radius 1 is 1.44 bits per heavy atom. The summed E-state index contributed by atoms with van der Waals surface area (Å²) in [7, 11) is 3.01. The fourth-order valence-corrected chi connectivity index (χ4v) is 1.62. The minimum atomic E-state index is -1.15. The molecule has 2 unspecified atom stereocenters. The van der Waals surface area contributed by atoms with Crippen LogP contribution in [0.15, 0.2) is 18.2 Å². The van der Waals surface area contributed by atoms with Gasteiger partial charge < -0.3 is 25.4 Å². The first-order valence-electron chi connectivity index (χ1n) is 5.43. The second kappa shape index (κ2) is 6.34. The molecule has 0 saturated heterocycles. The molecular formula is C12H17NO5. The molecule has 0 bridgehead atoms. The topological polar surface area (TPSA) is 99.0 Å². The Labute approximate surface area is 105 Å². The highest BCUT2D eigenvalue weighted by Crippen LogP contribution is 2.25. The molecule has 18 heavy (non-hydrogen) atoms. The predicted molar refractivity (Wildman–Crippen MR) is 64.8 cm³/mol. The highest BCUT2D eigenvalue weighted by molar-refractivity contribution is 5.91. The molecule has 0 aliphatic carbocycles. The highest BCUT2D eigenvalue weighted by Gasteiger charge is 2.20. The second-order valence-corrected chi connectivity index (χ2v) is 3.83. The maximum Gasteiger partial charge on any atom is 0.339 e. The summed E-state index contributed by atoms with van der Waals surface area (Å²) >= 11 is 0. The number of nitrogens with one attached hydrogen (secondary N) is 1. The number of benzene rings is 1. The van der Waals surface area contributed by atoms with E-state index in [1.807, 2.05) is 0 Å². The van der Waals surface area contributed by atoms with Crippen molar-refractivity contribution in [3.63, 3.8) is 0 Å². The molecule has 1 rings (SSSR count). The monoisotopic (exact) mass is 255 g/mol. The third-order valence-corrected chi connectivity index (χ3v) is 2.57. The zero-order valence-electron chi connectivity index (χ0n) is 10.3. The number of hydrogen-bond donors (Lipinski definition) is 4. The molecule has 4 N–H and O–H groups in total. The number of rotatable bonds is 6. The summed E-state index contributed by atoms with van der Waals surface area (Å²) in [6, 6.07) is 4.27. The number of carbonyl (C=O) groups is 1. The van der Waals surface area contributed by atoms with Crippen molar-refractivity contribution in [3.05, 3.63) is 29.3 Å². The zero-order valence-corrected chi connectivity index (χ0v) is 10.3. The number of carboxylic acid groups (broad SMARTS) is 1. The number of carboxylic acids is 1. The molecule has 6 heteroatoms. The molecule has 2 atom stereocenters. The second-order valence-electron chi connectivity index (χ2n) is 3.83. The first kappa shape index (κ1) is 14.4. The van der Waals surface area contributed by atoms with Crippen LogP contribution in [0, 0.1) is 0 Å². The molecule has 0 radical (unpaired) electrons. The van der Waals surface area contributed by atoms with Crippen molar-refractivity contribution in [2.75, 3.05) is 20.7 Å². The van der Waals surface area contributed by atoms with Crippen LogP contribution in [0.25, 0.3) is 0 Å². The van der Waals surface area contributed by atoms with Gasteiger partial charge in [-0.05, 0) is 24.7 Å².